The van der Waals surface area contributed by atoms with Crippen LogP contribution >= 0.6 is 0 Å². The maximum absolute atomic E-state index is 12.5. The third-order valence-corrected chi connectivity index (χ3v) is 3.34. The summed E-state index contributed by atoms with van der Waals surface area (Å²) in [5, 5.41) is 9.86. The summed E-state index contributed by atoms with van der Waals surface area (Å²) in [6.45, 7) is 4.08. The summed E-state index contributed by atoms with van der Waals surface area (Å²) in [4.78, 5) is 29.3. The summed E-state index contributed by atoms with van der Waals surface area (Å²) >= 11 is 0. The normalized spacial score (nSPS) is 10.9. The van der Waals surface area contributed by atoms with E-state index in [0.29, 0.717) is 17.6 Å². The minimum absolute atomic E-state index is 0.0746. The molecule has 5 nitrogen and oxygen atoms in total. The largest absolute Gasteiger partial charge is 0.481 e. The maximum atomic E-state index is 12.5. The highest BCUT2D eigenvalue weighted by Crippen LogP contribution is 2.26. The summed E-state index contributed by atoms with van der Waals surface area (Å²) in [5.41, 5.74) is 1.39. The van der Waals surface area contributed by atoms with Crippen molar-refractivity contribution in [2.24, 2.45) is 5.92 Å². The number of hydrogen-bond donors (Lipinski definition) is 1. The zero-order valence-electron chi connectivity index (χ0n) is 12.8. The van der Waals surface area contributed by atoms with E-state index in [1.54, 1.807) is 11.1 Å². The van der Waals surface area contributed by atoms with Crippen LogP contribution in [0.5, 0.6) is 0 Å². The van der Waals surface area contributed by atoms with Crippen LogP contribution in [-0.4, -0.2) is 28.5 Å². The van der Waals surface area contributed by atoms with Gasteiger partial charge in [-0.1, -0.05) is 32.0 Å². The number of para-hydroxylation sites is 1. The van der Waals surface area contributed by atoms with Crippen LogP contribution in [-0.2, 0) is 9.59 Å². The molecule has 1 aromatic carbocycles. The fourth-order valence-corrected chi connectivity index (χ4v) is 2.35. The van der Waals surface area contributed by atoms with E-state index in [1.165, 1.54) is 0 Å². The first-order valence-electron chi connectivity index (χ1n) is 7.35. The van der Waals surface area contributed by atoms with E-state index in [9.17, 15) is 9.59 Å². The second-order valence-corrected chi connectivity index (χ2v) is 5.64. The molecule has 1 aromatic heterocycles. The number of carbonyl (C=O) groups excluding carboxylic acids is 1. The fourth-order valence-electron chi connectivity index (χ4n) is 2.35. The van der Waals surface area contributed by atoms with Crippen molar-refractivity contribution in [1.29, 1.82) is 0 Å². The van der Waals surface area contributed by atoms with Crippen molar-refractivity contribution < 1.29 is 14.7 Å². The van der Waals surface area contributed by atoms with Crippen molar-refractivity contribution in [3.05, 3.63) is 36.5 Å². The number of rotatable bonds is 6. The Labute approximate surface area is 129 Å². The first-order chi connectivity index (χ1) is 10.5. The van der Waals surface area contributed by atoms with Crippen LogP contribution in [0.1, 0.15) is 26.7 Å². The Morgan fingerprint density at radius 1 is 1.23 bits per heavy atom. The van der Waals surface area contributed by atoms with Crippen LogP contribution in [0.15, 0.2) is 36.5 Å². The predicted octanol–water partition coefficient (Wildman–Crippen LogP) is 3.09. The number of aliphatic carboxylic acids is 1. The summed E-state index contributed by atoms with van der Waals surface area (Å²) in [6, 6.07) is 9.36. The number of hydrogen-bond acceptors (Lipinski definition) is 3. The van der Waals surface area contributed by atoms with Gasteiger partial charge in [0.2, 0.25) is 5.91 Å². The molecule has 0 spiro atoms. The van der Waals surface area contributed by atoms with Crippen LogP contribution < -0.4 is 4.90 Å². The van der Waals surface area contributed by atoms with Gasteiger partial charge in [0.15, 0.2) is 0 Å². The lowest BCUT2D eigenvalue weighted by molar-refractivity contribution is -0.136. The number of fused-ring (bicyclic) bond motifs is 1. The molecule has 5 heteroatoms. The number of benzene rings is 1. The van der Waals surface area contributed by atoms with Crippen LogP contribution in [0.25, 0.3) is 10.9 Å². The highest BCUT2D eigenvalue weighted by atomic mass is 16.4. The van der Waals surface area contributed by atoms with Gasteiger partial charge in [-0.2, -0.15) is 0 Å². The number of anilines is 1. The summed E-state index contributed by atoms with van der Waals surface area (Å²) in [6.07, 6.45) is 1.96. The monoisotopic (exact) mass is 300 g/mol. The Hall–Kier alpha value is -2.43. The lowest BCUT2D eigenvalue weighted by Crippen LogP contribution is -2.34. The van der Waals surface area contributed by atoms with Gasteiger partial charge in [-0.3, -0.25) is 14.6 Å². The van der Waals surface area contributed by atoms with Crippen LogP contribution in [0.2, 0.25) is 0 Å². The Morgan fingerprint density at radius 2 is 1.95 bits per heavy atom. The lowest BCUT2D eigenvalue weighted by Gasteiger charge is -2.24. The molecule has 0 aliphatic rings. The Bertz CT molecular complexity index is 677. The first kappa shape index (κ1) is 15.9. The van der Waals surface area contributed by atoms with Crippen molar-refractivity contribution in [2.75, 3.05) is 11.4 Å². The van der Waals surface area contributed by atoms with E-state index < -0.39 is 5.97 Å². The fraction of sp³-hybridized carbons (Fsp3) is 0.353. The van der Waals surface area contributed by atoms with Crippen molar-refractivity contribution in [2.45, 2.75) is 26.7 Å². The number of carboxylic acid groups (broad SMARTS) is 1. The molecule has 2 aromatic rings. The number of carbonyl (C=O) groups is 2. The van der Waals surface area contributed by atoms with E-state index in [0.717, 1.165) is 5.39 Å². The number of aromatic nitrogens is 1. The van der Waals surface area contributed by atoms with Crippen molar-refractivity contribution in [3.63, 3.8) is 0 Å². The predicted molar refractivity (Wildman–Crippen MR) is 85.8 cm³/mol. The lowest BCUT2D eigenvalue weighted by atomic mass is 10.1. The highest BCUT2D eigenvalue weighted by molar-refractivity contribution is 6.02. The van der Waals surface area contributed by atoms with Gasteiger partial charge >= 0.3 is 5.97 Å². The smallest absolute Gasteiger partial charge is 0.305 e. The van der Waals surface area contributed by atoms with E-state index >= 15 is 0 Å². The first-order valence-corrected chi connectivity index (χ1v) is 7.35. The molecule has 0 saturated heterocycles. The van der Waals surface area contributed by atoms with Gasteiger partial charge in [0.25, 0.3) is 0 Å². The van der Waals surface area contributed by atoms with Crippen LogP contribution in [0.4, 0.5) is 5.69 Å². The van der Waals surface area contributed by atoms with Crippen LogP contribution in [0.3, 0.4) is 0 Å². The molecule has 1 heterocycles. The molecule has 0 fully saturated rings. The molecule has 0 atom stereocenters. The van der Waals surface area contributed by atoms with Crippen molar-refractivity contribution in [1.82, 2.24) is 4.98 Å². The van der Waals surface area contributed by atoms with Gasteiger partial charge in [0.05, 0.1) is 17.6 Å². The third-order valence-electron chi connectivity index (χ3n) is 3.34. The highest BCUT2D eigenvalue weighted by Gasteiger charge is 2.20. The van der Waals surface area contributed by atoms with Crippen LogP contribution in [0, 0.1) is 5.92 Å². The van der Waals surface area contributed by atoms with Crippen molar-refractivity contribution >= 4 is 28.5 Å². The van der Waals surface area contributed by atoms with Gasteiger partial charge in [0, 0.05) is 24.5 Å². The summed E-state index contributed by atoms with van der Waals surface area (Å²) in [7, 11) is 0. The van der Waals surface area contributed by atoms with Gasteiger partial charge < -0.3 is 10.0 Å². The quantitative estimate of drug-likeness (QED) is 0.890. The topological polar surface area (TPSA) is 70.5 Å². The molecule has 0 aliphatic carbocycles. The average Bonchev–Trinajstić information content (AvgIpc) is 2.46. The van der Waals surface area contributed by atoms with Crippen molar-refractivity contribution in [3.8, 4) is 0 Å². The molecule has 0 unspecified atom stereocenters. The summed E-state index contributed by atoms with van der Waals surface area (Å²) < 4.78 is 0. The van der Waals surface area contributed by atoms with Gasteiger partial charge in [0.1, 0.15) is 0 Å². The molecule has 0 bridgehead atoms. The van der Waals surface area contributed by atoms with Gasteiger partial charge in [-0.15, -0.1) is 0 Å². The number of carboxylic acids is 1. The molecule has 2 rings (SSSR count). The van der Waals surface area contributed by atoms with E-state index in [1.807, 2.05) is 44.2 Å². The van der Waals surface area contributed by atoms with E-state index in [4.69, 9.17) is 5.11 Å². The number of pyridine rings is 1. The molecule has 1 amide bonds. The molecule has 22 heavy (non-hydrogen) atoms. The second kappa shape index (κ2) is 7.02. The SMILES string of the molecule is CC(C)CC(=O)N(CCC(=O)O)c1cccc2cccnc12. The molecule has 1 N–H and O–H groups in total. The Balaban J connectivity index is 2.41. The molecular formula is C17H20N2O3. The molecular weight excluding hydrogens is 280 g/mol. The third kappa shape index (κ3) is 3.81. The zero-order valence-corrected chi connectivity index (χ0v) is 12.8. The minimum Gasteiger partial charge on any atom is -0.481 e. The molecule has 0 saturated carbocycles. The molecule has 116 valence electrons. The van der Waals surface area contributed by atoms with Gasteiger partial charge in [-0.05, 0) is 18.1 Å². The van der Waals surface area contributed by atoms with E-state index in [2.05, 4.69) is 4.98 Å². The van der Waals surface area contributed by atoms with E-state index in [-0.39, 0.29) is 24.8 Å². The minimum atomic E-state index is -0.921. The average molecular weight is 300 g/mol. The standard InChI is InChI=1S/C17H20N2O3/c1-12(2)11-15(20)19(10-8-16(21)22)14-7-3-5-13-6-4-9-18-17(13)14/h3-7,9,12H,8,10-11H2,1-2H3,(H,21,22). The van der Waals surface area contributed by atoms with Gasteiger partial charge in [-0.25, -0.2) is 0 Å². The molecule has 0 aliphatic heterocycles. The maximum Gasteiger partial charge on any atom is 0.305 e. The Morgan fingerprint density at radius 3 is 2.64 bits per heavy atom. The number of nitrogens with zero attached hydrogens (tertiary/aromatic N) is 2. The Kier molecular flexibility index (Phi) is 5.09. The zero-order chi connectivity index (χ0) is 16.1. The molecule has 0 radical (unpaired) electrons. The second-order valence-electron chi connectivity index (χ2n) is 5.64. The number of amides is 1. The summed E-state index contributed by atoms with van der Waals surface area (Å²) in [5.74, 6) is -0.785.